The molecule has 0 amide bonds. The molecular weight excluding hydrogens is 414 g/mol. The summed E-state index contributed by atoms with van der Waals surface area (Å²) in [5.74, 6) is 0.916. The monoisotopic (exact) mass is 441 g/mol. The molecule has 0 aromatic carbocycles. The molecule has 3 aliphatic rings. The summed E-state index contributed by atoms with van der Waals surface area (Å²) in [5.41, 5.74) is 4.95. The van der Waals surface area contributed by atoms with Crippen LogP contribution in [-0.4, -0.2) is 61.6 Å². The Hall–Kier alpha value is -3.30. The lowest BCUT2D eigenvalue weighted by atomic mass is 9.65. The van der Waals surface area contributed by atoms with Crippen molar-refractivity contribution in [2.45, 2.75) is 31.3 Å². The largest absolute Gasteiger partial charge is 0.367 e. The standard InChI is InChI=1S/C24H27N9/c1-2-20(30-22(3-1)29-17-8-24(9-17)6-7-25-15-24)21-13-27-23-5-4-19(31-33(21)23)16-10-28-32(14-16)18-11-26-12-18/h1-5,10,13-14,17-18,25-26H,6-9,11-12,15H2,(H,29,30). The molecule has 3 fully saturated rings. The highest BCUT2D eigenvalue weighted by atomic mass is 15.3. The number of rotatable bonds is 5. The summed E-state index contributed by atoms with van der Waals surface area (Å²) in [5, 5.41) is 19.8. The minimum absolute atomic E-state index is 0.432. The second-order valence-electron chi connectivity index (χ2n) is 9.74. The van der Waals surface area contributed by atoms with Gasteiger partial charge in [0.2, 0.25) is 0 Å². The van der Waals surface area contributed by atoms with Crippen LogP contribution in [-0.2, 0) is 0 Å². The lowest BCUT2D eigenvalue weighted by Gasteiger charge is -2.45. The van der Waals surface area contributed by atoms with Crippen LogP contribution >= 0.6 is 0 Å². The molecule has 0 bridgehead atoms. The Morgan fingerprint density at radius 3 is 2.79 bits per heavy atom. The molecule has 6 heterocycles. The van der Waals surface area contributed by atoms with Crippen LogP contribution in [0.15, 0.2) is 48.9 Å². The molecule has 1 aliphatic carbocycles. The predicted molar refractivity (Wildman–Crippen MR) is 126 cm³/mol. The van der Waals surface area contributed by atoms with E-state index in [0.717, 1.165) is 60.3 Å². The van der Waals surface area contributed by atoms with E-state index in [-0.39, 0.29) is 0 Å². The van der Waals surface area contributed by atoms with Gasteiger partial charge in [0.15, 0.2) is 5.65 Å². The van der Waals surface area contributed by atoms with E-state index in [1.54, 1.807) is 0 Å². The summed E-state index contributed by atoms with van der Waals surface area (Å²) in [6.07, 6.45) is 9.55. The van der Waals surface area contributed by atoms with E-state index < -0.39 is 0 Å². The molecule has 1 saturated carbocycles. The van der Waals surface area contributed by atoms with Crippen LogP contribution in [0.2, 0.25) is 0 Å². The number of hydrogen-bond acceptors (Lipinski definition) is 7. The normalized spacial score (nSPS) is 24.8. The average Bonchev–Trinajstić information content (AvgIpc) is 3.52. The third kappa shape index (κ3) is 3.30. The number of fused-ring (bicyclic) bond motifs is 1. The Labute approximate surface area is 191 Å². The first-order valence-corrected chi connectivity index (χ1v) is 11.8. The van der Waals surface area contributed by atoms with E-state index in [0.29, 0.717) is 17.5 Å². The van der Waals surface area contributed by atoms with Crippen LogP contribution in [0.1, 0.15) is 25.3 Å². The van der Waals surface area contributed by atoms with Gasteiger partial charge in [-0.25, -0.2) is 14.5 Å². The highest BCUT2D eigenvalue weighted by Gasteiger charge is 2.45. The van der Waals surface area contributed by atoms with Crippen molar-refractivity contribution in [3.05, 3.63) is 48.9 Å². The minimum Gasteiger partial charge on any atom is -0.367 e. The second-order valence-corrected chi connectivity index (χ2v) is 9.74. The van der Waals surface area contributed by atoms with E-state index in [2.05, 4.69) is 38.3 Å². The van der Waals surface area contributed by atoms with Gasteiger partial charge in [0.1, 0.15) is 11.5 Å². The van der Waals surface area contributed by atoms with Gasteiger partial charge in [-0.15, -0.1) is 0 Å². The molecule has 4 aromatic rings. The average molecular weight is 442 g/mol. The maximum absolute atomic E-state index is 4.90. The highest BCUT2D eigenvalue weighted by molar-refractivity contribution is 5.64. The van der Waals surface area contributed by atoms with E-state index >= 15 is 0 Å². The number of nitrogens with one attached hydrogen (secondary N) is 3. The van der Waals surface area contributed by atoms with E-state index in [1.807, 2.05) is 45.9 Å². The van der Waals surface area contributed by atoms with Crippen molar-refractivity contribution in [1.82, 2.24) is 40.0 Å². The predicted octanol–water partition coefficient (Wildman–Crippen LogP) is 2.35. The van der Waals surface area contributed by atoms with Crippen LogP contribution < -0.4 is 16.0 Å². The van der Waals surface area contributed by atoms with Crippen LogP contribution in [0.3, 0.4) is 0 Å². The fourth-order valence-corrected chi connectivity index (χ4v) is 5.43. The zero-order valence-electron chi connectivity index (χ0n) is 18.4. The number of hydrogen-bond donors (Lipinski definition) is 3. The van der Waals surface area contributed by atoms with Crippen molar-refractivity contribution >= 4 is 11.5 Å². The molecule has 7 rings (SSSR count). The van der Waals surface area contributed by atoms with Crippen LogP contribution in [0.25, 0.3) is 28.3 Å². The first kappa shape index (κ1) is 19.2. The number of aromatic nitrogens is 6. The fourth-order valence-electron chi connectivity index (χ4n) is 5.43. The summed E-state index contributed by atoms with van der Waals surface area (Å²) in [6.45, 7) is 4.25. The molecule has 0 unspecified atom stereocenters. The summed E-state index contributed by atoms with van der Waals surface area (Å²) in [4.78, 5) is 9.46. The van der Waals surface area contributed by atoms with E-state index in [1.165, 1.54) is 19.3 Å². The van der Waals surface area contributed by atoms with Gasteiger partial charge in [-0.3, -0.25) is 4.68 Å². The first-order chi connectivity index (χ1) is 16.2. The topological polar surface area (TPSA) is 97.0 Å². The maximum Gasteiger partial charge on any atom is 0.154 e. The Kier molecular flexibility index (Phi) is 4.28. The van der Waals surface area contributed by atoms with E-state index in [9.17, 15) is 0 Å². The zero-order valence-corrected chi connectivity index (χ0v) is 18.4. The Morgan fingerprint density at radius 2 is 1.97 bits per heavy atom. The lowest BCUT2D eigenvalue weighted by Crippen LogP contribution is -2.46. The first-order valence-electron chi connectivity index (χ1n) is 11.8. The van der Waals surface area contributed by atoms with Crippen molar-refractivity contribution in [2.24, 2.45) is 5.41 Å². The van der Waals surface area contributed by atoms with Gasteiger partial charge in [0, 0.05) is 37.4 Å². The Balaban J connectivity index is 1.15. The van der Waals surface area contributed by atoms with Gasteiger partial charge in [0.05, 0.1) is 29.8 Å². The number of anilines is 1. The molecule has 168 valence electrons. The van der Waals surface area contributed by atoms with Crippen molar-refractivity contribution in [3.8, 4) is 22.6 Å². The summed E-state index contributed by atoms with van der Waals surface area (Å²) < 4.78 is 3.90. The fraction of sp³-hybridized carbons (Fsp3) is 0.417. The smallest absolute Gasteiger partial charge is 0.154 e. The molecular formula is C24H27N9. The molecule has 2 saturated heterocycles. The van der Waals surface area contributed by atoms with Gasteiger partial charge in [-0.1, -0.05) is 6.07 Å². The lowest BCUT2D eigenvalue weighted by molar-refractivity contribution is 0.141. The number of pyridine rings is 1. The Morgan fingerprint density at radius 1 is 1.03 bits per heavy atom. The molecule has 9 nitrogen and oxygen atoms in total. The third-order valence-electron chi connectivity index (χ3n) is 7.45. The zero-order chi connectivity index (χ0) is 21.8. The molecule has 2 aliphatic heterocycles. The molecule has 0 radical (unpaired) electrons. The van der Waals surface area contributed by atoms with Gasteiger partial charge >= 0.3 is 0 Å². The quantitative estimate of drug-likeness (QED) is 0.437. The summed E-state index contributed by atoms with van der Waals surface area (Å²) in [7, 11) is 0. The SMILES string of the molecule is c1cc(NC2CC3(CCNC3)C2)nc(-c2cnc3ccc(-c4cnn(C5CNC5)c4)nn23)c1. The van der Waals surface area contributed by atoms with Crippen molar-refractivity contribution in [3.63, 3.8) is 0 Å². The molecule has 3 N–H and O–H groups in total. The van der Waals surface area contributed by atoms with Crippen LogP contribution in [0.4, 0.5) is 5.82 Å². The number of nitrogens with zero attached hydrogens (tertiary/aromatic N) is 6. The maximum atomic E-state index is 4.90. The highest BCUT2D eigenvalue weighted by Crippen LogP contribution is 2.46. The van der Waals surface area contributed by atoms with E-state index in [4.69, 9.17) is 10.1 Å². The van der Waals surface area contributed by atoms with Crippen LogP contribution in [0.5, 0.6) is 0 Å². The van der Waals surface area contributed by atoms with Gasteiger partial charge < -0.3 is 16.0 Å². The summed E-state index contributed by atoms with van der Waals surface area (Å²) in [6, 6.07) is 11.1. The van der Waals surface area contributed by atoms with Crippen molar-refractivity contribution < 1.29 is 0 Å². The second kappa shape index (κ2) is 7.36. The van der Waals surface area contributed by atoms with Crippen molar-refractivity contribution in [1.29, 1.82) is 0 Å². The van der Waals surface area contributed by atoms with Crippen molar-refractivity contribution in [2.75, 3.05) is 31.5 Å². The number of imidazole rings is 1. The molecule has 9 heteroatoms. The Bertz CT molecular complexity index is 1300. The molecule has 1 spiro atoms. The van der Waals surface area contributed by atoms with Gasteiger partial charge in [-0.2, -0.15) is 10.2 Å². The van der Waals surface area contributed by atoms with Gasteiger partial charge in [0.25, 0.3) is 0 Å². The third-order valence-corrected chi connectivity index (χ3v) is 7.45. The molecule has 0 atom stereocenters. The van der Waals surface area contributed by atoms with Crippen LogP contribution in [0, 0.1) is 5.41 Å². The molecule has 4 aromatic heterocycles. The minimum atomic E-state index is 0.432. The van der Waals surface area contributed by atoms with Gasteiger partial charge in [-0.05, 0) is 55.5 Å². The summed E-state index contributed by atoms with van der Waals surface area (Å²) >= 11 is 0. The molecule has 33 heavy (non-hydrogen) atoms.